The minimum atomic E-state index is -4.98. The molecule has 0 unspecified atom stereocenters. The fourth-order valence-electron chi connectivity index (χ4n) is 3.48. The second kappa shape index (κ2) is 12.9. The molecule has 0 spiro atoms. The Kier molecular flexibility index (Phi) is 10.0. The second-order valence-corrected chi connectivity index (χ2v) is 11.5. The van der Waals surface area contributed by atoms with Crippen molar-refractivity contribution < 1.29 is 60.1 Å². The van der Waals surface area contributed by atoms with Crippen molar-refractivity contribution in [2.75, 3.05) is 5.32 Å². The van der Waals surface area contributed by atoms with Crippen molar-refractivity contribution in [2.24, 2.45) is 10.2 Å². The average molecular weight is 605 g/mol. The van der Waals surface area contributed by atoms with Gasteiger partial charge in [0.1, 0.15) is 20.8 Å². The zero-order valence-corrected chi connectivity index (χ0v) is 25.6. The fraction of sp³-hybridized carbons (Fsp3) is 0.0769. The number of hydrogen-bond acceptors (Lipinski definition) is 11. The van der Waals surface area contributed by atoms with Gasteiger partial charge in [0.05, 0.1) is 26.9 Å². The maximum atomic E-state index is 12.6. The van der Waals surface area contributed by atoms with Gasteiger partial charge >= 0.3 is 39.7 Å². The van der Waals surface area contributed by atoms with Crippen molar-refractivity contribution in [3.63, 3.8) is 0 Å². The summed E-state index contributed by atoms with van der Waals surface area (Å²) in [5.41, 5.74) is 2.07. The topological polar surface area (TPSA) is 180 Å². The van der Waals surface area contributed by atoms with Crippen molar-refractivity contribution in [3.8, 4) is 5.75 Å². The zero-order chi connectivity index (χ0) is 29.1. The number of aryl methyl sites for hydroxylation is 2. The van der Waals surface area contributed by atoms with E-state index in [1.807, 2.05) is 6.92 Å². The number of nitrogens with one attached hydrogen (secondary N) is 1. The third-order valence-corrected chi connectivity index (χ3v) is 7.67. The third kappa shape index (κ3) is 8.19. The number of nitro groups is 1. The Bertz CT molecular complexity index is 1830. The summed E-state index contributed by atoms with van der Waals surface area (Å²) in [5.74, 6) is 0.153. The molecule has 0 aromatic heterocycles. The molecular weight excluding hydrogens is 583 g/mol. The molecule has 0 radical (unpaired) electrons. The number of benzene rings is 4. The normalized spacial score (nSPS) is 11.6. The molecule has 4 aromatic rings. The molecule has 0 aliphatic heterocycles. The SMILES string of the molecule is Cc1ccc(S(=O)(=O)Oc2ccc(N=Nc3ccc(Nc4ccc([N+](=O)[O-])cc4S(=O)(=O)[O-])cc3)cc2C)cc1.[Na+]. The summed E-state index contributed by atoms with van der Waals surface area (Å²) in [6, 6.07) is 20.1. The molecule has 0 amide bonds. The van der Waals surface area contributed by atoms with E-state index in [9.17, 15) is 31.5 Å². The molecule has 0 atom stereocenters. The third-order valence-electron chi connectivity index (χ3n) is 5.54. The van der Waals surface area contributed by atoms with Gasteiger partial charge in [-0.05, 0) is 80.1 Å². The van der Waals surface area contributed by atoms with Gasteiger partial charge < -0.3 is 14.1 Å². The number of nitro benzene ring substituents is 1. The first-order valence-corrected chi connectivity index (χ1v) is 14.3. The van der Waals surface area contributed by atoms with Crippen molar-refractivity contribution >= 4 is 48.7 Å². The van der Waals surface area contributed by atoms with Crippen molar-refractivity contribution in [3.05, 3.63) is 106 Å². The Hall–Kier alpha value is -3.66. The molecule has 0 saturated heterocycles. The summed E-state index contributed by atoms with van der Waals surface area (Å²) >= 11 is 0. The quantitative estimate of drug-likeness (QED) is 0.0750. The minimum Gasteiger partial charge on any atom is -0.744 e. The molecule has 41 heavy (non-hydrogen) atoms. The van der Waals surface area contributed by atoms with Crippen molar-refractivity contribution in [1.82, 2.24) is 0 Å². The van der Waals surface area contributed by atoms with Crippen LogP contribution >= 0.6 is 0 Å². The van der Waals surface area contributed by atoms with Crippen LogP contribution in [-0.4, -0.2) is 26.3 Å². The van der Waals surface area contributed by atoms with Crippen LogP contribution in [0.4, 0.5) is 28.4 Å². The summed E-state index contributed by atoms with van der Waals surface area (Å²) in [6.45, 7) is 3.52. The van der Waals surface area contributed by atoms with E-state index in [1.165, 1.54) is 18.2 Å². The number of nitrogens with zero attached hydrogens (tertiary/aromatic N) is 3. The van der Waals surface area contributed by atoms with Crippen LogP contribution in [0.1, 0.15) is 11.1 Å². The molecule has 0 heterocycles. The summed E-state index contributed by atoms with van der Waals surface area (Å²) < 4.78 is 65.2. The van der Waals surface area contributed by atoms with Gasteiger partial charge in [-0.15, -0.1) is 0 Å². The average Bonchev–Trinajstić information content (AvgIpc) is 2.89. The molecule has 15 heteroatoms. The largest absolute Gasteiger partial charge is 1.00 e. The minimum absolute atomic E-state index is 0. The Labute approximate surface area is 258 Å². The Morgan fingerprint density at radius 1 is 0.805 bits per heavy atom. The molecule has 206 valence electrons. The van der Waals surface area contributed by atoms with E-state index in [-0.39, 0.29) is 45.9 Å². The van der Waals surface area contributed by atoms with Crippen molar-refractivity contribution in [1.29, 1.82) is 0 Å². The monoisotopic (exact) mass is 604 g/mol. The summed E-state index contributed by atoms with van der Waals surface area (Å²) in [6.07, 6.45) is 0. The van der Waals surface area contributed by atoms with Gasteiger partial charge in [-0.3, -0.25) is 10.1 Å². The molecule has 1 N–H and O–H groups in total. The Morgan fingerprint density at radius 3 is 2.00 bits per heavy atom. The molecule has 4 aromatic carbocycles. The fourth-order valence-corrected chi connectivity index (χ4v) is 5.12. The maximum Gasteiger partial charge on any atom is 1.00 e. The number of rotatable bonds is 9. The van der Waals surface area contributed by atoms with Crippen LogP contribution < -0.4 is 39.1 Å². The summed E-state index contributed by atoms with van der Waals surface area (Å²) in [7, 11) is -8.99. The van der Waals surface area contributed by atoms with E-state index in [0.717, 1.165) is 17.7 Å². The standard InChI is InChI=1S/C26H22N4O8S2.Na/c1-17-3-11-23(12-4-17)40(36,37)38-25-14-9-21(15-18(25)2)29-28-20-7-5-19(6-8-20)27-24-13-10-22(30(31)32)16-26(24)39(33,34)35;/h3-16,27H,1-2H3,(H,33,34,35);/q;+1/p-1. The van der Waals surface area contributed by atoms with Crippen LogP contribution in [-0.2, 0) is 20.2 Å². The molecule has 0 saturated carbocycles. The molecule has 4 rings (SSSR count). The maximum absolute atomic E-state index is 12.6. The van der Waals surface area contributed by atoms with E-state index >= 15 is 0 Å². The van der Waals surface area contributed by atoms with E-state index in [1.54, 1.807) is 55.5 Å². The van der Waals surface area contributed by atoms with Crippen LogP contribution in [0, 0.1) is 24.0 Å². The molecule has 0 fully saturated rings. The molecule has 12 nitrogen and oxygen atoms in total. The van der Waals surface area contributed by atoms with E-state index in [0.29, 0.717) is 28.7 Å². The van der Waals surface area contributed by atoms with Gasteiger partial charge in [-0.2, -0.15) is 18.6 Å². The predicted octanol–water partition coefficient (Wildman–Crippen LogP) is 3.05. The van der Waals surface area contributed by atoms with Gasteiger partial charge in [0, 0.05) is 17.8 Å². The number of non-ortho nitro benzene ring substituents is 1. The van der Waals surface area contributed by atoms with Gasteiger partial charge in [-0.1, -0.05) is 17.7 Å². The van der Waals surface area contributed by atoms with Crippen molar-refractivity contribution in [2.45, 2.75) is 23.6 Å². The summed E-state index contributed by atoms with van der Waals surface area (Å²) in [4.78, 5) is 9.44. The van der Waals surface area contributed by atoms with E-state index < -0.39 is 35.7 Å². The van der Waals surface area contributed by atoms with Crippen LogP contribution in [0.25, 0.3) is 0 Å². The predicted molar refractivity (Wildman–Crippen MR) is 145 cm³/mol. The Balaban J connectivity index is 0.00000462. The van der Waals surface area contributed by atoms with Crippen LogP contribution in [0.15, 0.2) is 105 Å². The van der Waals surface area contributed by atoms with Gasteiger partial charge in [0.2, 0.25) is 0 Å². The number of azo groups is 1. The Morgan fingerprint density at radius 2 is 1.41 bits per heavy atom. The van der Waals surface area contributed by atoms with Gasteiger partial charge in [-0.25, -0.2) is 8.42 Å². The van der Waals surface area contributed by atoms with Gasteiger partial charge in [0.25, 0.3) is 5.69 Å². The first kappa shape index (κ1) is 31.9. The zero-order valence-electron chi connectivity index (χ0n) is 22.0. The smallest absolute Gasteiger partial charge is 0.744 e. The molecular formula is C26H21N4NaO8S2. The van der Waals surface area contributed by atoms with E-state index in [4.69, 9.17) is 4.18 Å². The van der Waals surface area contributed by atoms with Crippen LogP contribution in [0.2, 0.25) is 0 Å². The number of anilines is 2. The molecule has 0 aliphatic rings. The first-order chi connectivity index (χ1) is 18.8. The van der Waals surface area contributed by atoms with Gasteiger partial charge in [0.15, 0.2) is 0 Å². The molecule has 0 aliphatic carbocycles. The van der Waals surface area contributed by atoms with Crippen LogP contribution in [0.3, 0.4) is 0 Å². The van der Waals surface area contributed by atoms with Crippen LogP contribution in [0.5, 0.6) is 5.75 Å². The number of hydrogen-bond donors (Lipinski definition) is 1. The molecule has 0 bridgehead atoms. The first-order valence-electron chi connectivity index (χ1n) is 11.5. The second-order valence-electron chi connectivity index (χ2n) is 8.56. The van der Waals surface area contributed by atoms with E-state index in [2.05, 4.69) is 15.5 Å². The summed E-state index contributed by atoms with van der Waals surface area (Å²) in [5, 5.41) is 22.0.